The van der Waals surface area contributed by atoms with Gasteiger partial charge in [-0.15, -0.1) is 0 Å². The Hall–Kier alpha value is -3.75. The van der Waals surface area contributed by atoms with E-state index in [1.54, 1.807) is 31.3 Å². The topological polar surface area (TPSA) is 65.1 Å². The number of nitrogens with zero attached hydrogens (tertiary/aromatic N) is 5. The van der Waals surface area contributed by atoms with Crippen LogP contribution < -0.4 is 16.1 Å². The van der Waals surface area contributed by atoms with Crippen molar-refractivity contribution in [2.75, 3.05) is 11.4 Å². The van der Waals surface area contributed by atoms with E-state index in [-0.39, 0.29) is 24.1 Å². The molecule has 0 amide bonds. The molecule has 1 aliphatic heterocycles. The maximum absolute atomic E-state index is 13.4. The molecule has 1 unspecified atom stereocenters. The largest absolute Gasteiger partial charge is 0.332 e. The molecule has 0 saturated heterocycles. The quantitative estimate of drug-likeness (QED) is 0.494. The molecular formula is C23H21F2N5O2. The lowest BCUT2D eigenvalue weighted by molar-refractivity contribution is 0.458. The van der Waals surface area contributed by atoms with E-state index < -0.39 is 11.2 Å². The van der Waals surface area contributed by atoms with Crippen molar-refractivity contribution in [3.63, 3.8) is 0 Å². The smallest absolute Gasteiger partial charge is 0.312 e. The molecule has 2 aromatic heterocycles. The zero-order chi connectivity index (χ0) is 22.6. The summed E-state index contributed by atoms with van der Waals surface area (Å²) in [5.74, 6) is 0.00560. The Balaban J connectivity index is 1.70. The van der Waals surface area contributed by atoms with Gasteiger partial charge in [-0.2, -0.15) is 4.98 Å². The predicted molar refractivity (Wildman–Crippen MR) is 117 cm³/mol. The van der Waals surface area contributed by atoms with Gasteiger partial charge in [0.15, 0.2) is 11.2 Å². The van der Waals surface area contributed by atoms with E-state index in [2.05, 4.69) is 11.9 Å². The SMILES string of the molecule is CC1CN(c2ccc(F)cc2)c2nc3c(c(=O)n(Cc4ccc(F)cc4)c(=O)n3C)n2C1. The molecular weight excluding hydrogens is 416 g/mol. The van der Waals surface area contributed by atoms with Crippen molar-refractivity contribution in [2.24, 2.45) is 13.0 Å². The molecule has 0 fully saturated rings. The fourth-order valence-electron chi connectivity index (χ4n) is 4.26. The molecule has 1 atom stereocenters. The van der Waals surface area contributed by atoms with Crippen molar-refractivity contribution in [2.45, 2.75) is 20.0 Å². The van der Waals surface area contributed by atoms with Crippen LogP contribution in [0.3, 0.4) is 0 Å². The second-order valence-electron chi connectivity index (χ2n) is 8.25. The van der Waals surface area contributed by atoms with Crippen LogP contribution in [-0.2, 0) is 20.1 Å². The Bertz CT molecular complexity index is 1440. The van der Waals surface area contributed by atoms with Gasteiger partial charge in [-0.1, -0.05) is 19.1 Å². The van der Waals surface area contributed by atoms with Crippen molar-refractivity contribution >= 4 is 22.8 Å². The first-order valence-electron chi connectivity index (χ1n) is 10.3. The van der Waals surface area contributed by atoms with E-state index in [1.165, 1.54) is 28.8 Å². The second kappa shape index (κ2) is 7.44. The first kappa shape index (κ1) is 20.2. The molecule has 4 aromatic rings. The average molecular weight is 437 g/mol. The van der Waals surface area contributed by atoms with Crippen LogP contribution in [0.15, 0.2) is 58.1 Å². The van der Waals surface area contributed by atoms with Crippen molar-refractivity contribution in [1.82, 2.24) is 18.7 Å². The third kappa shape index (κ3) is 3.21. The van der Waals surface area contributed by atoms with Crippen molar-refractivity contribution in [3.8, 4) is 0 Å². The Morgan fingerprint density at radius 1 is 0.969 bits per heavy atom. The molecule has 0 bridgehead atoms. The van der Waals surface area contributed by atoms with E-state index in [1.807, 2.05) is 9.47 Å². The first-order chi connectivity index (χ1) is 15.3. The molecule has 0 N–H and O–H groups in total. The highest BCUT2D eigenvalue weighted by Crippen LogP contribution is 2.32. The number of aryl methyl sites for hydroxylation is 1. The molecule has 5 rings (SSSR count). The number of hydrogen-bond donors (Lipinski definition) is 0. The van der Waals surface area contributed by atoms with Crippen molar-refractivity contribution in [3.05, 3.63) is 86.6 Å². The first-order valence-corrected chi connectivity index (χ1v) is 10.3. The number of hydrogen-bond acceptors (Lipinski definition) is 4. The van der Waals surface area contributed by atoms with Gasteiger partial charge < -0.3 is 9.47 Å². The van der Waals surface area contributed by atoms with E-state index in [0.29, 0.717) is 35.8 Å². The number of fused-ring (bicyclic) bond motifs is 3. The zero-order valence-electron chi connectivity index (χ0n) is 17.6. The fraction of sp³-hybridized carbons (Fsp3) is 0.261. The third-order valence-corrected chi connectivity index (χ3v) is 5.83. The lowest BCUT2D eigenvalue weighted by atomic mass is 10.1. The lowest BCUT2D eigenvalue weighted by Gasteiger charge is -2.32. The van der Waals surface area contributed by atoms with Crippen molar-refractivity contribution < 1.29 is 8.78 Å². The molecule has 0 saturated carbocycles. The van der Waals surface area contributed by atoms with Crippen LogP contribution in [0, 0.1) is 17.6 Å². The number of rotatable bonds is 3. The molecule has 2 aromatic carbocycles. The lowest BCUT2D eigenvalue weighted by Crippen LogP contribution is -2.40. The molecule has 0 radical (unpaired) electrons. The summed E-state index contributed by atoms with van der Waals surface area (Å²) in [4.78, 5) is 33.0. The number of benzene rings is 2. The Morgan fingerprint density at radius 2 is 1.59 bits per heavy atom. The van der Waals surface area contributed by atoms with Gasteiger partial charge in [-0.25, -0.2) is 13.6 Å². The highest BCUT2D eigenvalue weighted by atomic mass is 19.1. The van der Waals surface area contributed by atoms with Crippen LogP contribution in [0.2, 0.25) is 0 Å². The summed E-state index contributed by atoms with van der Waals surface area (Å²) < 4.78 is 31.0. The molecule has 3 heterocycles. The minimum absolute atomic E-state index is 0.0273. The van der Waals surface area contributed by atoms with Gasteiger partial charge in [-0.05, 0) is 47.9 Å². The maximum Gasteiger partial charge on any atom is 0.332 e. The van der Waals surface area contributed by atoms with Gasteiger partial charge in [0.1, 0.15) is 11.6 Å². The third-order valence-electron chi connectivity index (χ3n) is 5.83. The van der Waals surface area contributed by atoms with E-state index in [4.69, 9.17) is 0 Å². The molecule has 0 aliphatic carbocycles. The van der Waals surface area contributed by atoms with Crippen LogP contribution in [0.5, 0.6) is 0 Å². The van der Waals surface area contributed by atoms with Gasteiger partial charge in [0, 0.05) is 25.8 Å². The van der Waals surface area contributed by atoms with Gasteiger partial charge in [-0.3, -0.25) is 13.9 Å². The standard InChI is InChI=1S/C23H21F2N5O2/c1-14-11-28(18-9-7-17(25)8-10-18)22-26-20-19(29(22)12-14)21(31)30(23(32)27(20)2)13-15-3-5-16(24)6-4-15/h3-10,14H,11-13H2,1-2H3. The second-order valence-corrected chi connectivity index (χ2v) is 8.25. The van der Waals surface area contributed by atoms with Crippen LogP contribution in [-0.4, -0.2) is 25.2 Å². The number of halogens is 2. The number of aromatic nitrogens is 4. The molecule has 9 heteroatoms. The van der Waals surface area contributed by atoms with Crippen molar-refractivity contribution in [1.29, 1.82) is 0 Å². The van der Waals surface area contributed by atoms with Crippen LogP contribution in [0.1, 0.15) is 12.5 Å². The minimum atomic E-state index is -0.497. The molecule has 7 nitrogen and oxygen atoms in total. The summed E-state index contributed by atoms with van der Waals surface area (Å²) in [6.07, 6.45) is 0. The fourth-order valence-corrected chi connectivity index (χ4v) is 4.26. The zero-order valence-corrected chi connectivity index (χ0v) is 17.6. The van der Waals surface area contributed by atoms with Crippen LogP contribution in [0.25, 0.3) is 11.2 Å². The van der Waals surface area contributed by atoms with E-state index >= 15 is 0 Å². The van der Waals surface area contributed by atoms with Gasteiger partial charge in [0.2, 0.25) is 5.95 Å². The maximum atomic E-state index is 13.4. The normalized spacial score (nSPS) is 15.9. The number of anilines is 2. The summed E-state index contributed by atoms with van der Waals surface area (Å²) in [5.41, 5.74) is 1.09. The summed E-state index contributed by atoms with van der Waals surface area (Å²) in [5, 5.41) is 0. The van der Waals surface area contributed by atoms with Gasteiger partial charge >= 0.3 is 5.69 Å². The van der Waals surface area contributed by atoms with E-state index in [9.17, 15) is 18.4 Å². The molecule has 1 aliphatic rings. The Kier molecular flexibility index (Phi) is 4.69. The summed E-state index contributed by atoms with van der Waals surface area (Å²) in [6, 6.07) is 11.8. The van der Waals surface area contributed by atoms with E-state index in [0.717, 1.165) is 10.3 Å². The Labute approximate surface area is 181 Å². The minimum Gasteiger partial charge on any atom is -0.312 e. The van der Waals surface area contributed by atoms with Gasteiger partial charge in [0.25, 0.3) is 5.56 Å². The highest BCUT2D eigenvalue weighted by Gasteiger charge is 2.29. The molecule has 164 valence electrons. The summed E-state index contributed by atoms with van der Waals surface area (Å²) >= 11 is 0. The molecule has 32 heavy (non-hydrogen) atoms. The van der Waals surface area contributed by atoms with Crippen LogP contribution in [0.4, 0.5) is 20.4 Å². The average Bonchev–Trinajstić information content (AvgIpc) is 3.16. The van der Waals surface area contributed by atoms with Gasteiger partial charge in [0.05, 0.1) is 6.54 Å². The summed E-state index contributed by atoms with van der Waals surface area (Å²) in [6.45, 7) is 3.30. The monoisotopic (exact) mass is 437 g/mol. The Morgan fingerprint density at radius 3 is 2.25 bits per heavy atom. The molecule has 0 spiro atoms. The predicted octanol–water partition coefficient (Wildman–Crippen LogP) is 3.01. The summed E-state index contributed by atoms with van der Waals surface area (Å²) in [7, 11) is 1.58. The highest BCUT2D eigenvalue weighted by molar-refractivity contribution is 5.77. The number of imidazole rings is 1. The van der Waals surface area contributed by atoms with Crippen LogP contribution >= 0.6 is 0 Å².